The molecule has 4 rings (SSSR count). The number of hydrogen-bond donors (Lipinski definition) is 0. The zero-order chi connectivity index (χ0) is 22.3. The lowest BCUT2D eigenvalue weighted by Gasteiger charge is -2.23. The molecule has 2 heterocycles. The number of fused-ring (bicyclic) bond motifs is 1. The Morgan fingerprint density at radius 3 is 2.03 bits per heavy atom. The molecule has 8 nitrogen and oxygen atoms in total. The van der Waals surface area contributed by atoms with Crippen molar-refractivity contribution < 1.29 is 38.0 Å². The molecular formula is C23H26O8. The molecule has 2 aromatic carbocycles. The van der Waals surface area contributed by atoms with Crippen LogP contribution in [0.1, 0.15) is 25.5 Å². The van der Waals surface area contributed by atoms with E-state index < -0.39 is 6.10 Å². The van der Waals surface area contributed by atoms with Crippen molar-refractivity contribution >= 4 is 5.97 Å². The molecule has 0 aliphatic carbocycles. The van der Waals surface area contributed by atoms with Crippen molar-refractivity contribution in [1.29, 1.82) is 0 Å². The van der Waals surface area contributed by atoms with Crippen LogP contribution in [0.5, 0.6) is 34.5 Å². The smallest absolute Gasteiger partial charge is 0.309 e. The Bertz CT molecular complexity index is 990. The van der Waals surface area contributed by atoms with Gasteiger partial charge in [-0.25, -0.2) is 0 Å². The predicted octanol–water partition coefficient (Wildman–Crippen LogP) is 3.99. The fourth-order valence-corrected chi connectivity index (χ4v) is 4.14. The van der Waals surface area contributed by atoms with Gasteiger partial charge in [0.15, 0.2) is 23.0 Å². The first kappa shape index (κ1) is 21.0. The molecule has 0 spiro atoms. The Kier molecular flexibility index (Phi) is 5.47. The third kappa shape index (κ3) is 3.26. The second-order valence-corrected chi connectivity index (χ2v) is 7.53. The van der Waals surface area contributed by atoms with E-state index in [4.69, 9.17) is 33.2 Å². The van der Waals surface area contributed by atoms with E-state index in [0.717, 1.165) is 11.1 Å². The van der Waals surface area contributed by atoms with Crippen LogP contribution < -0.4 is 28.4 Å². The maximum atomic E-state index is 12.3. The van der Waals surface area contributed by atoms with Crippen molar-refractivity contribution in [2.24, 2.45) is 11.8 Å². The topological polar surface area (TPSA) is 81.7 Å². The van der Waals surface area contributed by atoms with Crippen molar-refractivity contribution in [2.75, 3.05) is 35.2 Å². The maximum absolute atomic E-state index is 12.3. The zero-order valence-electron chi connectivity index (χ0n) is 18.4. The molecule has 0 amide bonds. The molecule has 1 fully saturated rings. The lowest BCUT2D eigenvalue weighted by molar-refractivity contribution is -0.144. The maximum Gasteiger partial charge on any atom is 0.309 e. The summed E-state index contributed by atoms with van der Waals surface area (Å²) in [5.41, 5.74) is 2.22. The molecule has 3 atom stereocenters. The number of esters is 1. The summed E-state index contributed by atoms with van der Waals surface area (Å²) in [6.07, 6.45) is -0.472. The number of hydrogen-bond acceptors (Lipinski definition) is 8. The minimum atomic E-state index is -0.472. The van der Waals surface area contributed by atoms with Gasteiger partial charge >= 0.3 is 5.97 Å². The fraction of sp³-hybridized carbons (Fsp3) is 0.435. The molecule has 8 heteroatoms. The first-order valence-corrected chi connectivity index (χ1v) is 9.96. The summed E-state index contributed by atoms with van der Waals surface area (Å²) in [4.78, 5) is 12.3. The average Bonchev–Trinajstić information content (AvgIpc) is 3.36. The van der Waals surface area contributed by atoms with Gasteiger partial charge < -0.3 is 33.2 Å². The van der Waals surface area contributed by atoms with Crippen LogP contribution in [0.3, 0.4) is 0 Å². The molecule has 3 unspecified atom stereocenters. The van der Waals surface area contributed by atoms with E-state index in [1.54, 1.807) is 28.4 Å². The van der Waals surface area contributed by atoms with E-state index in [2.05, 4.69) is 0 Å². The number of carbonyl (C=O) groups excluding carboxylic acids is 1. The molecule has 1 saturated heterocycles. The van der Waals surface area contributed by atoms with Crippen LogP contribution in [0.2, 0.25) is 0 Å². The van der Waals surface area contributed by atoms with Crippen molar-refractivity contribution in [3.05, 3.63) is 23.8 Å². The highest BCUT2D eigenvalue weighted by Crippen LogP contribution is 2.55. The van der Waals surface area contributed by atoms with Crippen molar-refractivity contribution in [2.45, 2.75) is 20.0 Å². The van der Waals surface area contributed by atoms with Gasteiger partial charge in [0.05, 0.1) is 34.4 Å². The average molecular weight is 430 g/mol. The first-order valence-electron chi connectivity index (χ1n) is 9.96. The van der Waals surface area contributed by atoms with Crippen LogP contribution in [0.4, 0.5) is 0 Å². The van der Waals surface area contributed by atoms with E-state index in [0.29, 0.717) is 40.1 Å². The van der Waals surface area contributed by atoms with Gasteiger partial charge in [-0.1, -0.05) is 13.8 Å². The summed E-state index contributed by atoms with van der Waals surface area (Å²) in [7, 11) is 6.23. The first-order chi connectivity index (χ1) is 14.9. The van der Waals surface area contributed by atoms with Gasteiger partial charge in [-0.15, -0.1) is 0 Å². The molecule has 166 valence electrons. The van der Waals surface area contributed by atoms with E-state index in [9.17, 15) is 4.79 Å². The molecule has 2 aliphatic heterocycles. The zero-order valence-corrected chi connectivity index (χ0v) is 18.4. The largest absolute Gasteiger partial charge is 0.493 e. The molecule has 31 heavy (non-hydrogen) atoms. The summed E-state index contributed by atoms with van der Waals surface area (Å²) in [5.74, 6) is 2.49. The van der Waals surface area contributed by atoms with Crippen LogP contribution >= 0.6 is 0 Å². The number of benzene rings is 2. The van der Waals surface area contributed by atoms with Gasteiger partial charge in [0.25, 0.3) is 0 Å². The van der Waals surface area contributed by atoms with Crippen LogP contribution in [-0.4, -0.2) is 41.2 Å². The SMILES string of the molecule is COc1cc(-c2c(C3OC(=O)C(C)C3C)cc3c(c2OC)OCO3)cc(OC)c1OC. The summed E-state index contributed by atoms with van der Waals surface area (Å²) < 4.78 is 39.4. The van der Waals surface area contributed by atoms with Crippen LogP contribution in [0, 0.1) is 11.8 Å². The standard InChI is InChI=1S/C23H26O8/c1-11-12(2)23(24)31-19(11)14-9-17-21(30-10-29-17)22(28-6)18(14)13-7-15(25-3)20(27-5)16(8-13)26-4/h7-9,11-12,19H,10H2,1-6H3. The molecule has 0 saturated carbocycles. The lowest BCUT2D eigenvalue weighted by Crippen LogP contribution is -2.11. The molecule has 2 aromatic rings. The number of ether oxygens (including phenoxy) is 7. The molecule has 0 aromatic heterocycles. The van der Waals surface area contributed by atoms with Crippen LogP contribution in [0.15, 0.2) is 18.2 Å². The van der Waals surface area contributed by atoms with Gasteiger partial charge in [0.2, 0.25) is 18.3 Å². The molecule has 0 N–H and O–H groups in total. The van der Waals surface area contributed by atoms with Gasteiger partial charge in [0, 0.05) is 17.0 Å². The molecule has 0 radical (unpaired) electrons. The van der Waals surface area contributed by atoms with E-state index in [-0.39, 0.29) is 24.6 Å². The Labute approximate surface area is 180 Å². The number of cyclic esters (lactones) is 1. The minimum Gasteiger partial charge on any atom is -0.493 e. The van der Waals surface area contributed by atoms with Crippen molar-refractivity contribution in [1.82, 2.24) is 0 Å². The highest BCUT2D eigenvalue weighted by atomic mass is 16.7. The van der Waals surface area contributed by atoms with Crippen LogP contribution in [0.25, 0.3) is 11.1 Å². The highest BCUT2D eigenvalue weighted by molar-refractivity contribution is 5.84. The van der Waals surface area contributed by atoms with Crippen molar-refractivity contribution in [3.63, 3.8) is 0 Å². The van der Waals surface area contributed by atoms with Gasteiger partial charge in [-0.2, -0.15) is 0 Å². The Hall–Kier alpha value is -3.29. The Morgan fingerprint density at radius 1 is 0.871 bits per heavy atom. The van der Waals surface area contributed by atoms with Gasteiger partial charge in [-0.05, 0) is 23.8 Å². The molecule has 2 aliphatic rings. The Morgan fingerprint density at radius 2 is 1.52 bits per heavy atom. The fourth-order valence-electron chi connectivity index (χ4n) is 4.14. The van der Waals surface area contributed by atoms with Gasteiger partial charge in [-0.3, -0.25) is 4.79 Å². The van der Waals surface area contributed by atoms with E-state index in [1.807, 2.05) is 32.0 Å². The predicted molar refractivity (Wildman–Crippen MR) is 111 cm³/mol. The summed E-state index contributed by atoms with van der Waals surface area (Å²) >= 11 is 0. The summed E-state index contributed by atoms with van der Waals surface area (Å²) in [6, 6.07) is 5.52. The third-order valence-corrected chi connectivity index (χ3v) is 6.00. The number of rotatable bonds is 6. The normalized spacial score (nSPS) is 21.6. The minimum absolute atomic E-state index is 0.0432. The van der Waals surface area contributed by atoms with Gasteiger partial charge in [0.1, 0.15) is 6.10 Å². The molecule has 0 bridgehead atoms. The van der Waals surface area contributed by atoms with E-state index >= 15 is 0 Å². The van der Waals surface area contributed by atoms with Crippen LogP contribution in [-0.2, 0) is 9.53 Å². The second-order valence-electron chi connectivity index (χ2n) is 7.53. The lowest BCUT2D eigenvalue weighted by atomic mass is 9.85. The van der Waals surface area contributed by atoms with E-state index in [1.165, 1.54) is 0 Å². The number of carbonyl (C=O) groups is 1. The van der Waals surface area contributed by atoms with Crippen molar-refractivity contribution in [3.8, 4) is 45.6 Å². The second kappa shape index (κ2) is 8.09. The number of methoxy groups -OCH3 is 4. The molecular weight excluding hydrogens is 404 g/mol. The Balaban J connectivity index is 2.01. The quantitative estimate of drug-likeness (QED) is 0.637. The highest BCUT2D eigenvalue weighted by Gasteiger charge is 2.42. The summed E-state index contributed by atoms with van der Waals surface area (Å²) in [5, 5.41) is 0. The monoisotopic (exact) mass is 430 g/mol. The third-order valence-electron chi connectivity index (χ3n) is 6.00. The summed E-state index contributed by atoms with van der Waals surface area (Å²) in [6.45, 7) is 3.95.